The summed E-state index contributed by atoms with van der Waals surface area (Å²) >= 11 is 0. The summed E-state index contributed by atoms with van der Waals surface area (Å²) in [6.45, 7) is 7.04. The highest BCUT2D eigenvalue weighted by molar-refractivity contribution is 5.23. The van der Waals surface area contributed by atoms with Gasteiger partial charge in [-0.15, -0.1) is 0 Å². The molecule has 0 atom stereocenters. The van der Waals surface area contributed by atoms with E-state index in [0.29, 0.717) is 6.42 Å². The van der Waals surface area contributed by atoms with E-state index in [9.17, 15) is 0 Å². The van der Waals surface area contributed by atoms with Crippen LogP contribution in [0.25, 0.3) is 0 Å². The van der Waals surface area contributed by atoms with Gasteiger partial charge in [-0.05, 0) is 37.9 Å². The van der Waals surface area contributed by atoms with Crippen molar-refractivity contribution < 1.29 is 0 Å². The van der Waals surface area contributed by atoms with Crippen LogP contribution in [0.5, 0.6) is 0 Å². The van der Waals surface area contributed by atoms with E-state index in [1.54, 1.807) is 0 Å². The maximum absolute atomic E-state index is 8.75. The standard InChI is InChI=1S/C20H24N2/c1-17-5-9-19(10-6-17)15-22(14-4-3-13-21)16-20-11-7-18(2)8-12-20/h5-12H,3-4,14-16H2,1-2H3. The van der Waals surface area contributed by atoms with Gasteiger partial charge in [0.25, 0.3) is 0 Å². The van der Waals surface area contributed by atoms with E-state index in [0.717, 1.165) is 26.1 Å². The quantitative estimate of drug-likeness (QED) is 0.697. The van der Waals surface area contributed by atoms with Gasteiger partial charge in [0.1, 0.15) is 0 Å². The average Bonchev–Trinajstić information content (AvgIpc) is 2.52. The minimum atomic E-state index is 0.623. The van der Waals surface area contributed by atoms with Crippen LogP contribution in [0.3, 0.4) is 0 Å². The zero-order valence-electron chi connectivity index (χ0n) is 13.5. The lowest BCUT2D eigenvalue weighted by molar-refractivity contribution is 0.254. The molecule has 114 valence electrons. The van der Waals surface area contributed by atoms with Gasteiger partial charge < -0.3 is 0 Å². The minimum Gasteiger partial charge on any atom is -0.295 e. The largest absolute Gasteiger partial charge is 0.295 e. The first-order chi connectivity index (χ1) is 10.7. The second-order valence-corrected chi connectivity index (χ2v) is 5.94. The summed E-state index contributed by atoms with van der Waals surface area (Å²) in [5, 5.41) is 8.75. The fourth-order valence-corrected chi connectivity index (χ4v) is 2.50. The zero-order valence-corrected chi connectivity index (χ0v) is 13.5. The normalized spacial score (nSPS) is 10.6. The Kier molecular flexibility index (Phi) is 6.18. The summed E-state index contributed by atoms with van der Waals surface area (Å²) in [6.07, 6.45) is 1.55. The van der Waals surface area contributed by atoms with Gasteiger partial charge in [0, 0.05) is 19.5 Å². The molecule has 0 bridgehead atoms. The van der Waals surface area contributed by atoms with Gasteiger partial charge in [0.05, 0.1) is 6.07 Å². The smallest absolute Gasteiger partial charge is 0.0622 e. The molecule has 0 aliphatic carbocycles. The lowest BCUT2D eigenvalue weighted by Gasteiger charge is -2.22. The van der Waals surface area contributed by atoms with Crippen LogP contribution in [0.15, 0.2) is 48.5 Å². The van der Waals surface area contributed by atoms with Crippen molar-refractivity contribution in [1.82, 2.24) is 4.90 Å². The molecule has 0 unspecified atom stereocenters. The summed E-state index contributed by atoms with van der Waals surface area (Å²) in [7, 11) is 0. The molecule has 0 spiro atoms. The fourth-order valence-electron chi connectivity index (χ4n) is 2.50. The summed E-state index contributed by atoms with van der Waals surface area (Å²) in [4.78, 5) is 2.42. The molecule has 0 heterocycles. The van der Waals surface area contributed by atoms with Crippen LogP contribution in [0.2, 0.25) is 0 Å². The maximum atomic E-state index is 8.75. The van der Waals surface area contributed by atoms with Crippen molar-refractivity contribution in [2.45, 2.75) is 39.8 Å². The van der Waals surface area contributed by atoms with E-state index < -0.39 is 0 Å². The third kappa shape index (κ3) is 5.35. The van der Waals surface area contributed by atoms with Crippen molar-refractivity contribution in [2.75, 3.05) is 6.54 Å². The molecule has 0 aliphatic rings. The highest BCUT2D eigenvalue weighted by atomic mass is 15.1. The Labute approximate surface area is 134 Å². The summed E-state index contributed by atoms with van der Waals surface area (Å²) < 4.78 is 0. The fraction of sp³-hybridized carbons (Fsp3) is 0.350. The molecule has 0 saturated carbocycles. The topological polar surface area (TPSA) is 27.0 Å². The second-order valence-electron chi connectivity index (χ2n) is 5.94. The number of unbranched alkanes of at least 4 members (excludes halogenated alkanes) is 1. The summed E-state index contributed by atoms with van der Waals surface area (Å²) in [5.74, 6) is 0. The Balaban J connectivity index is 2.03. The van der Waals surface area contributed by atoms with Gasteiger partial charge in [0.15, 0.2) is 0 Å². The van der Waals surface area contributed by atoms with Crippen LogP contribution in [0.4, 0.5) is 0 Å². The molecule has 0 aromatic heterocycles. The molecule has 0 amide bonds. The summed E-state index contributed by atoms with van der Waals surface area (Å²) in [5.41, 5.74) is 5.24. The van der Waals surface area contributed by atoms with Gasteiger partial charge in [-0.25, -0.2) is 0 Å². The molecule has 22 heavy (non-hydrogen) atoms. The highest BCUT2D eigenvalue weighted by Gasteiger charge is 2.07. The van der Waals surface area contributed by atoms with E-state index in [4.69, 9.17) is 5.26 Å². The first kappa shape index (κ1) is 16.3. The molecule has 2 aromatic rings. The van der Waals surface area contributed by atoms with E-state index in [1.807, 2.05) is 0 Å². The zero-order chi connectivity index (χ0) is 15.8. The van der Waals surface area contributed by atoms with Crippen LogP contribution in [-0.4, -0.2) is 11.4 Å². The lowest BCUT2D eigenvalue weighted by atomic mass is 10.1. The number of aryl methyl sites for hydroxylation is 2. The van der Waals surface area contributed by atoms with Crippen molar-refractivity contribution >= 4 is 0 Å². The SMILES string of the molecule is Cc1ccc(CN(CCCC#N)Cc2ccc(C)cc2)cc1. The molecule has 2 nitrogen and oxygen atoms in total. The van der Waals surface area contributed by atoms with Crippen LogP contribution >= 0.6 is 0 Å². The minimum absolute atomic E-state index is 0.623. The number of hydrogen-bond acceptors (Lipinski definition) is 2. The predicted molar refractivity (Wildman–Crippen MR) is 91.3 cm³/mol. The third-order valence-electron chi connectivity index (χ3n) is 3.82. The molecule has 0 N–H and O–H groups in total. The Hall–Kier alpha value is -2.11. The third-order valence-corrected chi connectivity index (χ3v) is 3.82. The number of nitriles is 1. The Morgan fingerprint density at radius 2 is 1.27 bits per heavy atom. The molecule has 0 aliphatic heterocycles. The van der Waals surface area contributed by atoms with Crippen LogP contribution in [-0.2, 0) is 13.1 Å². The van der Waals surface area contributed by atoms with Gasteiger partial charge in [-0.2, -0.15) is 5.26 Å². The van der Waals surface area contributed by atoms with E-state index in [1.165, 1.54) is 22.3 Å². The molecular weight excluding hydrogens is 268 g/mol. The Morgan fingerprint density at radius 1 is 0.818 bits per heavy atom. The number of hydrogen-bond donors (Lipinski definition) is 0. The van der Waals surface area contributed by atoms with Crippen molar-refractivity contribution in [3.63, 3.8) is 0 Å². The molecule has 2 heteroatoms. The van der Waals surface area contributed by atoms with Crippen LogP contribution < -0.4 is 0 Å². The highest BCUT2D eigenvalue weighted by Crippen LogP contribution is 2.13. The van der Waals surface area contributed by atoms with E-state index in [2.05, 4.69) is 73.3 Å². The van der Waals surface area contributed by atoms with E-state index in [-0.39, 0.29) is 0 Å². The van der Waals surface area contributed by atoms with Gasteiger partial charge in [-0.1, -0.05) is 59.7 Å². The first-order valence-corrected chi connectivity index (χ1v) is 7.88. The predicted octanol–water partition coefficient (Wildman–Crippen LogP) is 4.61. The molecule has 2 aromatic carbocycles. The molecular formula is C20H24N2. The van der Waals surface area contributed by atoms with Crippen molar-refractivity contribution in [3.8, 4) is 6.07 Å². The Bertz CT molecular complexity index is 558. The second kappa shape index (κ2) is 8.36. The monoisotopic (exact) mass is 292 g/mol. The van der Waals surface area contributed by atoms with Crippen molar-refractivity contribution in [1.29, 1.82) is 5.26 Å². The molecule has 0 saturated heterocycles. The lowest BCUT2D eigenvalue weighted by Crippen LogP contribution is -2.24. The molecule has 0 fully saturated rings. The molecule has 2 rings (SSSR count). The van der Waals surface area contributed by atoms with Crippen molar-refractivity contribution in [2.24, 2.45) is 0 Å². The van der Waals surface area contributed by atoms with Crippen LogP contribution in [0, 0.1) is 25.2 Å². The van der Waals surface area contributed by atoms with E-state index >= 15 is 0 Å². The van der Waals surface area contributed by atoms with Gasteiger partial charge in [-0.3, -0.25) is 4.90 Å². The average molecular weight is 292 g/mol. The number of benzene rings is 2. The van der Waals surface area contributed by atoms with Crippen LogP contribution in [0.1, 0.15) is 35.1 Å². The molecule has 0 radical (unpaired) electrons. The summed E-state index contributed by atoms with van der Waals surface area (Å²) in [6, 6.07) is 19.7. The first-order valence-electron chi connectivity index (χ1n) is 7.88. The van der Waals surface area contributed by atoms with Gasteiger partial charge in [0.2, 0.25) is 0 Å². The number of rotatable bonds is 7. The van der Waals surface area contributed by atoms with Gasteiger partial charge >= 0.3 is 0 Å². The number of nitrogens with zero attached hydrogens (tertiary/aromatic N) is 2. The van der Waals surface area contributed by atoms with Crippen molar-refractivity contribution in [3.05, 3.63) is 70.8 Å². The Morgan fingerprint density at radius 3 is 1.68 bits per heavy atom. The maximum Gasteiger partial charge on any atom is 0.0622 e.